The van der Waals surface area contributed by atoms with Crippen LogP contribution < -0.4 is 5.32 Å². The molecule has 0 atom stereocenters. The highest BCUT2D eigenvalue weighted by Crippen LogP contribution is 2.23. The highest BCUT2D eigenvalue weighted by atomic mass is 35.5. The van der Waals surface area contributed by atoms with Gasteiger partial charge in [0.05, 0.1) is 10.5 Å². The molecule has 0 aliphatic heterocycles. The molecular weight excluding hydrogens is 196 g/mol. The molecule has 0 aliphatic rings. The standard InChI is InChI=1S/C11H13ClN2/c1-13-6-8-14-7-5-9-3-2-4-10(12)11(9)14/h2-5,7,13H,6,8H2,1H3. The minimum absolute atomic E-state index is 0.823. The van der Waals surface area contributed by atoms with Crippen molar-refractivity contribution in [2.75, 3.05) is 13.6 Å². The first-order valence-electron chi connectivity index (χ1n) is 4.71. The third-order valence-electron chi connectivity index (χ3n) is 2.34. The lowest BCUT2D eigenvalue weighted by atomic mass is 10.2. The van der Waals surface area contributed by atoms with Crippen molar-refractivity contribution in [2.24, 2.45) is 0 Å². The van der Waals surface area contributed by atoms with Gasteiger partial charge in [-0.05, 0) is 19.2 Å². The molecular formula is C11H13ClN2. The minimum Gasteiger partial charge on any atom is -0.345 e. The summed E-state index contributed by atoms with van der Waals surface area (Å²) in [5.74, 6) is 0. The van der Waals surface area contributed by atoms with Crippen LogP contribution in [0.4, 0.5) is 0 Å². The number of aromatic nitrogens is 1. The first kappa shape index (κ1) is 9.56. The predicted octanol–water partition coefficient (Wildman–Crippen LogP) is 2.51. The molecule has 2 rings (SSSR count). The molecule has 0 fully saturated rings. The van der Waals surface area contributed by atoms with Crippen molar-refractivity contribution in [2.45, 2.75) is 6.54 Å². The van der Waals surface area contributed by atoms with Crippen LogP contribution in [-0.2, 0) is 6.54 Å². The first-order chi connectivity index (χ1) is 6.83. The van der Waals surface area contributed by atoms with Gasteiger partial charge in [0.25, 0.3) is 0 Å². The van der Waals surface area contributed by atoms with Crippen LogP contribution >= 0.6 is 11.6 Å². The zero-order valence-corrected chi connectivity index (χ0v) is 8.88. The molecule has 1 heterocycles. The van der Waals surface area contributed by atoms with E-state index in [1.807, 2.05) is 19.2 Å². The Bertz CT molecular complexity index is 434. The van der Waals surface area contributed by atoms with Crippen LogP contribution in [0.1, 0.15) is 0 Å². The summed E-state index contributed by atoms with van der Waals surface area (Å²) >= 11 is 6.14. The summed E-state index contributed by atoms with van der Waals surface area (Å²) < 4.78 is 2.17. The molecule has 0 saturated heterocycles. The van der Waals surface area contributed by atoms with Gasteiger partial charge in [-0.3, -0.25) is 0 Å². The fourth-order valence-corrected chi connectivity index (χ4v) is 1.92. The summed E-state index contributed by atoms with van der Waals surface area (Å²) in [4.78, 5) is 0. The van der Waals surface area contributed by atoms with Gasteiger partial charge in [-0.1, -0.05) is 23.7 Å². The van der Waals surface area contributed by atoms with Crippen molar-refractivity contribution in [3.63, 3.8) is 0 Å². The van der Waals surface area contributed by atoms with E-state index in [0.717, 1.165) is 23.6 Å². The van der Waals surface area contributed by atoms with E-state index < -0.39 is 0 Å². The number of rotatable bonds is 3. The van der Waals surface area contributed by atoms with Gasteiger partial charge >= 0.3 is 0 Å². The quantitative estimate of drug-likeness (QED) is 0.820. The smallest absolute Gasteiger partial charge is 0.0670 e. The van der Waals surface area contributed by atoms with Crippen molar-refractivity contribution in [3.05, 3.63) is 35.5 Å². The lowest BCUT2D eigenvalue weighted by Crippen LogP contribution is -2.14. The van der Waals surface area contributed by atoms with Crippen molar-refractivity contribution in [1.29, 1.82) is 0 Å². The fourth-order valence-electron chi connectivity index (χ4n) is 1.63. The van der Waals surface area contributed by atoms with Crippen LogP contribution in [0.2, 0.25) is 5.02 Å². The average Bonchev–Trinajstić information content (AvgIpc) is 2.59. The van der Waals surface area contributed by atoms with Gasteiger partial charge in [-0.2, -0.15) is 0 Å². The van der Waals surface area contributed by atoms with E-state index in [1.54, 1.807) is 0 Å². The molecule has 2 nitrogen and oxygen atoms in total. The lowest BCUT2D eigenvalue weighted by Gasteiger charge is -2.05. The monoisotopic (exact) mass is 208 g/mol. The molecule has 0 saturated carbocycles. The van der Waals surface area contributed by atoms with Crippen LogP contribution in [-0.4, -0.2) is 18.2 Å². The van der Waals surface area contributed by atoms with Crippen molar-refractivity contribution in [1.82, 2.24) is 9.88 Å². The van der Waals surface area contributed by atoms with Gasteiger partial charge in [0.1, 0.15) is 0 Å². The third-order valence-corrected chi connectivity index (χ3v) is 2.65. The molecule has 0 amide bonds. The molecule has 1 aromatic carbocycles. The number of para-hydroxylation sites is 1. The zero-order chi connectivity index (χ0) is 9.97. The number of halogens is 1. The number of hydrogen-bond donors (Lipinski definition) is 1. The van der Waals surface area contributed by atoms with Crippen molar-refractivity contribution >= 4 is 22.5 Å². The van der Waals surface area contributed by atoms with Crippen LogP contribution in [0.25, 0.3) is 10.9 Å². The molecule has 0 spiro atoms. The maximum atomic E-state index is 6.14. The van der Waals surface area contributed by atoms with E-state index in [2.05, 4.69) is 28.2 Å². The van der Waals surface area contributed by atoms with Gasteiger partial charge in [0, 0.05) is 24.7 Å². The Morgan fingerprint density at radius 3 is 3.00 bits per heavy atom. The highest BCUT2D eigenvalue weighted by Gasteiger charge is 2.03. The Hall–Kier alpha value is -0.990. The van der Waals surface area contributed by atoms with E-state index in [9.17, 15) is 0 Å². The minimum atomic E-state index is 0.823. The normalized spacial score (nSPS) is 11.0. The van der Waals surface area contributed by atoms with E-state index >= 15 is 0 Å². The molecule has 0 aliphatic carbocycles. The SMILES string of the molecule is CNCCn1ccc2cccc(Cl)c21. The van der Waals surface area contributed by atoms with E-state index in [4.69, 9.17) is 11.6 Å². The summed E-state index contributed by atoms with van der Waals surface area (Å²) in [5.41, 5.74) is 1.13. The van der Waals surface area contributed by atoms with E-state index in [0.29, 0.717) is 0 Å². The van der Waals surface area contributed by atoms with Gasteiger partial charge in [-0.25, -0.2) is 0 Å². The Balaban J connectivity index is 2.45. The van der Waals surface area contributed by atoms with Crippen LogP contribution in [0.3, 0.4) is 0 Å². The topological polar surface area (TPSA) is 17.0 Å². The number of likely N-dealkylation sites (N-methyl/N-ethyl adjacent to an activating group) is 1. The number of benzene rings is 1. The summed E-state index contributed by atoms with van der Waals surface area (Å²) in [6.07, 6.45) is 2.08. The molecule has 0 radical (unpaired) electrons. The highest BCUT2D eigenvalue weighted by molar-refractivity contribution is 6.35. The molecule has 1 aromatic heterocycles. The Morgan fingerprint density at radius 2 is 2.21 bits per heavy atom. The van der Waals surface area contributed by atoms with Gasteiger partial charge in [0.15, 0.2) is 0 Å². The largest absolute Gasteiger partial charge is 0.345 e. The molecule has 2 aromatic rings. The molecule has 1 N–H and O–H groups in total. The predicted molar refractivity (Wildman–Crippen MR) is 60.9 cm³/mol. The van der Waals surface area contributed by atoms with Crippen LogP contribution in [0.15, 0.2) is 30.5 Å². The second kappa shape index (κ2) is 4.03. The summed E-state index contributed by atoms with van der Waals surface area (Å²) in [5, 5.41) is 5.15. The number of nitrogens with one attached hydrogen (secondary N) is 1. The molecule has 14 heavy (non-hydrogen) atoms. The van der Waals surface area contributed by atoms with Crippen LogP contribution in [0.5, 0.6) is 0 Å². The Labute approximate surface area is 88.5 Å². The van der Waals surface area contributed by atoms with Gasteiger partial charge < -0.3 is 9.88 Å². The second-order valence-electron chi connectivity index (χ2n) is 3.29. The number of fused-ring (bicyclic) bond motifs is 1. The van der Waals surface area contributed by atoms with E-state index in [1.165, 1.54) is 5.39 Å². The van der Waals surface area contributed by atoms with Crippen LogP contribution in [0, 0.1) is 0 Å². The third kappa shape index (κ3) is 1.63. The van der Waals surface area contributed by atoms with E-state index in [-0.39, 0.29) is 0 Å². The number of hydrogen-bond acceptors (Lipinski definition) is 1. The van der Waals surface area contributed by atoms with Gasteiger partial charge in [0.2, 0.25) is 0 Å². The zero-order valence-electron chi connectivity index (χ0n) is 8.13. The van der Waals surface area contributed by atoms with Gasteiger partial charge in [-0.15, -0.1) is 0 Å². The fraction of sp³-hybridized carbons (Fsp3) is 0.273. The molecule has 3 heteroatoms. The summed E-state index contributed by atoms with van der Waals surface area (Å²) in [7, 11) is 1.95. The maximum absolute atomic E-state index is 6.14. The molecule has 0 bridgehead atoms. The second-order valence-corrected chi connectivity index (χ2v) is 3.70. The molecule has 74 valence electrons. The average molecular weight is 209 g/mol. The Morgan fingerprint density at radius 1 is 1.36 bits per heavy atom. The number of nitrogens with zero attached hydrogens (tertiary/aromatic N) is 1. The van der Waals surface area contributed by atoms with Crippen molar-refractivity contribution < 1.29 is 0 Å². The first-order valence-corrected chi connectivity index (χ1v) is 5.08. The molecule has 0 unspecified atom stereocenters. The summed E-state index contributed by atoms with van der Waals surface area (Å²) in [6, 6.07) is 8.08. The Kier molecular flexibility index (Phi) is 2.75. The maximum Gasteiger partial charge on any atom is 0.0670 e. The summed E-state index contributed by atoms with van der Waals surface area (Å²) in [6.45, 7) is 1.90. The lowest BCUT2D eigenvalue weighted by molar-refractivity contribution is 0.662. The van der Waals surface area contributed by atoms with Crippen molar-refractivity contribution in [3.8, 4) is 0 Å².